The largest absolute Gasteiger partial charge is 0.353 e. The highest BCUT2D eigenvalue weighted by atomic mass is 35.5. The summed E-state index contributed by atoms with van der Waals surface area (Å²) in [4.78, 5) is 14.5. The van der Waals surface area contributed by atoms with Crippen LogP contribution in [0.2, 0.25) is 0 Å². The molecule has 1 amide bonds. The normalized spacial score (nSPS) is 25.5. The predicted octanol–water partition coefficient (Wildman–Crippen LogP) is 2.88. The van der Waals surface area contributed by atoms with Crippen LogP contribution < -0.4 is 11.1 Å². The van der Waals surface area contributed by atoms with E-state index in [-0.39, 0.29) is 30.7 Å². The van der Waals surface area contributed by atoms with Crippen LogP contribution in [0.4, 0.5) is 0 Å². The molecule has 0 spiro atoms. The SMILES string of the molecule is Cl.Cl.NCCCC(=O)NC1CC2CCC(C1)N2Cc1ccccc1. The van der Waals surface area contributed by atoms with Gasteiger partial charge >= 0.3 is 0 Å². The summed E-state index contributed by atoms with van der Waals surface area (Å²) in [7, 11) is 0. The molecular formula is C18H29Cl2N3O. The number of nitrogens with one attached hydrogen (secondary N) is 1. The molecule has 136 valence electrons. The van der Waals surface area contributed by atoms with E-state index < -0.39 is 0 Å². The molecule has 3 rings (SSSR count). The smallest absolute Gasteiger partial charge is 0.220 e. The number of nitrogens with zero attached hydrogens (tertiary/aromatic N) is 1. The number of piperidine rings is 1. The fourth-order valence-electron chi connectivity index (χ4n) is 4.01. The average Bonchev–Trinajstić information content (AvgIpc) is 2.76. The molecule has 2 bridgehead atoms. The Balaban J connectivity index is 0.00000144. The maximum atomic E-state index is 11.9. The van der Waals surface area contributed by atoms with E-state index in [2.05, 4.69) is 40.5 Å². The number of amides is 1. The first-order valence-corrected chi connectivity index (χ1v) is 8.55. The number of benzene rings is 1. The Morgan fingerprint density at radius 3 is 2.33 bits per heavy atom. The van der Waals surface area contributed by atoms with Gasteiger partial charge in [-0.25, -0.2) is 0 Å². The zero-order chi connectivity index (χ0) is 15.4. The molecule has 1 aromatic rings. The third-order valence-corrected chi connectivity index (χ3v) is 5.07. The minimum Gasteiger partial charge on any atom is -0.353 e. The van der Waals surface area contributed by atoms with Gasteiger partial charge in [-0.15, -0.1) is 24.8 Å². The molecule has 2 atom stereocenters. The van der Waals surface area contributed by atoms with E-state index in [9.17, 15) is 4.79 Å². The summed E-state index contributed by atoms with van der Waals surface area (Å²) < 4.78 is 0. The summed E-state index contributed by atoms with van der Waals surface area (Å²) in [5.74, 6) is 0.173. The molecule has 2 heterocycles. The summed E-state index contributed by atoms with van der Waals surface area (Å²) in [6.07, 6.45) is 6.08. The van der Waals surface area contributed by atoms with Crippen LogP contribution in [-0.4, -0.2) is 35.5 Å². The van der Waals surface area contributed by atoms with Crippen LogP contribution in [0.25, 0.3) is 0 Å². The van der Waals surface area contributed by atoms with E-state index in [1.165, 1.54) is 18.4 Å². The highest BCUT2D eigenvalue weighted by Crippen LogP contribution is 2.36. The van der Waals surface area contributed by atoms with Gasteiger partial charge in [-0.1, -0.05) is 30.3 Å². The van der Waals surface area contributed by atoms with Crippen molar-refractivity contribution >= 4 is 30.7 Å². The third-order valence-electron chi connectivity index (χ3n) is 5.07. The maximum Gasteiger partial charge on any atom is 0.220 e. The monoisotopic (exact) mass is 373 g/mol. The number of hydrogen-bond acceptors (Lipinski definition) is 3. The summed E-state index contributed by atoms with van der Waals surface area (Å²) in [6, 6.07) is 12.3. The predicted molar refractivity (Wildman–Crippen MR) is 103 cm³/mol. The molecule has 0 aliphatic carbocycles. The molecule has 1 aromatic carbocycles. The van der Waals surface area contributed by atoms with Gasteiger partial charge in [-0.2, -0.15) is 0 Å². The number of hydrogen-bond donors (Lipinski definition) is 2. The minimum atomic E-state index is 0. The van der Waals surface area contributed by atoms with Gasteiger partial charge in [0.05, 0.1) is 0 Å². The Kier molecular flexibility index (Phi) is 9.06. The number of carbonyl (C=O) groups excluding carboxylic acids is 1. The van der Waals surface area contributed by atoms with E-state index in [4.69, 9.17) is 5.73 Å². The maximum absolute atomic E-state index is 11.9. The lowest BCUT2D eigenvalue weighted by Crippen LogP contribution is -2.50. The Hall–Kier alpha value is -0.810. The van der Waals surface area contributed by atoms with Crippen LogP contribution >= 0.6 is 24.8 Å². The van der Waals surface area contributed by atoms with Crippen molar-refractivity contribution in [3.63, 3.8) is 0 Å². The Morgan fingerprint density at radius 1 is 1.12 bits per heavy atom. The van der Waals surface area contributed by atoms with Crippen LogP contribution in [0, 0.1) is 0 Å². The van der Waals surface area contributed by atoms with Gasteiger partial charge in [-0.05, 0) is 44.2 Å². The fourth-order valence-corrected chi connectivity index (χ4v) is 4.01. The molecule has 2 saturated heterocycles. The lowest BCUT2D eigenvalue weighted by Gasteiger charge is -2.39. The number of nitrogens with two attached hydrogens (primary N) is 1. The van der Waals surface area contributed by atoms with E-state index in [1.807, 2.05) is 0 Å². The van der Waals surface area contributed by atoms with Crippen LogP contribution in [-0.2, 0) is 11.3 Å². The fraction of sp³-hybridized carbons (Fsp3) is 0.611. The molecule has 6 heteroatoms. The van der Waals surface area contributed by atoms with Crippen LogP contribution in [0.3, 0.4) is 0 Å². The number of halogens is 2. The molecule has 2 fully saturated rings. The van der Waals surface area contributed by atoms with Gasteiger partial charge in [0.25, 0.3) is 0 Å². The van der Waals surface area contributed by atoms with Gasteiger partial charge in [0.15, 0.2) is 0 Å². The quantitative estimate of drug-likeness (QED) is 0.805. The average molecular weight is 374 g/mol. The Morgan fingerprint density at radius 2 is 1.75 bits per heavy atom. The van der Waals surface area contributed by atoms with Crippen molar-refractivity contribution in [2.45, 2.75) is 63.2 Å². The summed E-state index contributed by atoms with van der Waals surface area (Å²) >= 11 is 0. The van der Waals surface area contributed by atoms with E-state index >= 15 is 0 Å². The molecule has 0 saturated carbocycles. The van der Waals surface area contributed by atoms with Crippen LogP contribution in [0.5, 0.6) is 0 Å². The van der Waals surface area contributed by atoms with Crippen molar-refractivity contribution in [1.82, 2.24) is 10.2 Å². The molecule has 0 radical (unpaired) electrons. The van der Waals surface area contributed by atoms with Crippen molar-refractivity contribution in [3.05, 3.63) is 35.9 Å². The van der Waals surface area contributed by atoms with Crippen molar-refractivity contribution in [1.29, 1.82) is 0 Å². The second-order valence-electron chi connectivity index (χ2n) is 6.67. The van der Waals surface area contributed by atoms with Gasteiger partial charge in [0, 0.05) is 31.1 Å². The molecule has 4 nitrogen and oxygen atoms in total. The first kappa shape index (κ1) is 21.2. The van der Waals surface area contributed by atoms with Crippen molar-refractivity contribution in [3.8, 4) is 0 Å². The zero-order valence-electron chi connectivity index (χ0n) is 14.0. The van der Waals surface area contributed by atoms with Crippen LogP contribution in [0.1, 0.15) is 44.1 Å². The summed E-state index contributed by atoms with van der Waals surface area (Å²) in [6.45, 7) is 1.64. The van der Waals surface area contributed by atoms with Crippen molar-refractivity contribution in [2.24, 2.45) is 5.73 Å². The minimum absolute atomic E-state index is 0. The van der Waals surface area contributed by atoms with E-state index in [0.29, 0.717) is 31.1 Å². The lowest BCUT2D eigenvalue weighted by molar-refractivity contribution is -0.122. The first-order chi connectivity index (χ1) is 10.8. The standard InChI is InChI=1S/C18H27N3O.2ClH/c19-10-4-7-18(22)20-15-11-16-8-9-17(12-15)21(16)13-14-5-2-1-3-6-14;;/h1-3,5-6,15-17H,4,7-13,19H2,(H,20,22);2*1H. The second kappa shape index (κ2) is 10.2. The Labute approximate surface area is 157 Å². The lowest BCUT2D eigenvalue weighted by atomic mass is 9.96. The van der Waals surface area contributed by atoms with Crippen LogP contribution in [0.15, 0.2) is 30.3 Å². The number of carbonyl (C=O) groups is 1. The molecule has 2 aliphatic rings. The molecular weight excluding hydrogens is 345 g/mol. The van der Waals surface area contributed by atoms with E-state index in [1.54, 1.807) is 0 Å². The summed E-state index contributed by atoms with van der Waals surface area (Å²) in [5.41, 5.74) is 6.86. The topological polar surface area (TPSA) is 58.4 Å². The molecule has 24 heavy (non-hydrogen) atoms. The van der Waals surface area contributed by atoms with Gasteiger partial charge in [0.2, 0.25) is 5.91 Å². The molecule has 2 unspecified atom stereocenters. The van der Waals surface area contributed by atoms with Gasteiger partial charge in [0.1, 0.15) is 0 Å². The van der Waals surface area contributed by atoms with Crippen molar-refractivity contribution in [2.75, 3.05) is 6.54 Å². The highest BCUT2D eigenvalue weighted by Gasteiger charge is 2.40. The number of rotatable bonds is 6. The van der Waals surface area contributed by atoms with Gasteiger partial charge < -0.3 is 11.1 Å². The highest BCUT2D eigenvalue weighted by molar-refractivity contribution is 5.85. The number of fused-ring (bicyclic) bond motifs is 2. The van der Waals surface area contributed by atoms with Gasteiger partial charge in [-0.3, -0.25) is 9.69 Å². The first-order valence-electron chi connectivity index (χ1n) is 8.55. The molecule has 3 N–H and O–H groups in total. The molecule has 0 aromatic heterocycles. The second-order valence-corrected chi connectivity index (χ2v) is 6.67. The van der Waals surface area contributed by atoms with Crippen molar-refractivity contribution < 1.29 is 4.79 Å². The Bertz CT molecular complexity index is 486. The van der Waals surface area contributed by atoms with E-state index in [0.717, 1.165) is 25.8 Å². The summed E-state index contributed by atoms with van der Waals surface area (Å²) in [5, 5.41) is 3.22. The molecule has 2 aliphatic heterocycles. The third kappa shape index (κ3) is 5.35. The zero-order valence-corrected chi connectivity index (χ0v) is 15.7.